The highest BCUT2D eigenvalue weighted by molar-refractivity contribution is 7.99. The normalized spacial score (nSPS) is 10.1. The van der Waals surface area contributed by atoms with Crippen molar-refractivity contribution in [3.05, 3.63) is 54.1 Å². The summed E-state index contributed by atoms with van der Waals surface area (Å²) in [4.78, 5) is 6.44. The van der Waals surface area contributed by atoms with Crippen LogP contribution in [0.25, 0.3) is 0 Å². The Balaban J connectivity index is 2.26. The molecule has 2 aromatic rings. The van der Waals surface area contributed by atoms with Crippen LogP contribution in [0.15, 0.2) is 63.3 Å². The van der Waals surface area contributed by atoms with Gasteiger partial charge >= 0.3 is 0 Å². The third-order valence-electron chi connectivity index (χ3n) is 2.33. The second-order valence-electron chi connectivity index (χ2n) is 3.52. The van der Waals surface area contributed by atoms with Crippen LogP contribution in [0, 0.1) is 6.92 Å². The van der Waals surface area contributed by atoms with Crippen LogP contribution in [0.2, 0.25) is 0 Å². The van der Waals surface area contributed by atoms with E-state index in [9.17, 15) is 0 Å². The van der Waals surface area contributed by atoms with Crippen LogP contribution in [-0.2, 0) is 0 Å². The first-order chi connectivity index (χ1) is 7.79. The van der Waals surface area contributed by atoms with Crippen LogP contribution in [0.3, 0.4) is 0 Å². The van der Waals surface area contributed by atoms with Crippen molar-refractivity contribution < 1.29 is 0 Å². The van der Waals surface area contributed by atoms with Crippen molar-refractivity contribution in [3.63, 3.8) is 0 Å². The minimum atomic E-state index is 0.959. The van der Waals surface area contributed by atoms with Gasteiger partial charge < -0.3 is 0 Å². The van der Waals surface area contributed by atoms with Gasteiger partial charge in [0, 0.05) is 9.79 Å². The summed E-state index contributed by atoms with van der Waals surface area (Å²) in [5.41, 5.74) is 2.12. The third kappa shape index (κ3) is 2.52. The maximum atomic E-state index is 4.01. The molecule has 0 heterocycles. The molecule has 1 nitrogen and oxygen atoms in total. The largest absolute Gasteiger partial charge is 0.264 e. The summed E-state index contributed by atoms with van der Waals surface area (Å²) in [6.45, 7) is 5.62. The zero-order chi connectivity index (χ0) is 11.4. The average Bonchev–Trinajstić information content (AvgIpc) is 2.33. The predicted octanol–water partition coefficient (Wildman–Crippen LogP) is 4.48. The molecule has 0 bridgehead atoms. The molecule has 0 radical (unpaired) electrons. The van der Waals surface area contributed by atoms with E-state index in [4.69, 9.17) is 0 Å². The van der Waals surface area contributed by atoms with Crippen molar-refractivity contribution in [2.45, 2.75) is 16.7 Å². The minimum Gasteiger partial charge on any atom is -0.264 e. The Bertz CT molecular complexity index is 491. The minimum absolute atomic E-state index is 0.959. The van der Waals surface area contributed by atoms with Crippen LogP contribution in [0.5, 0.6) is 0 Å². The Labute approximate surface area is 100 Å². The van der Waals surface area contributed by atoms with Gasteiger partial charge in [-0.15, -0.1) is 0 Å². The quantitative estimate of drug-likeness (QED) is 0.704. The third-order valence-corrected chi connectivity index (χ3v) is 3.33. The van der Waals surface area contributed by atoms with E-state index in [2.05, 4.69) is 42.0 Å². The molecule has 0 aromatic heterocycles. The fraction of sp³-hybridized carbons (Fsp3) is 0.0714. The molecule has 2 heteroatoms. The van der Waals surface area contributed by atoms with E-state index in [0.29, 0.717) is 0 Å². The van der Waals surface area contributed by atoms with E-state index >= 15 is 0 Å². The lowest BCUT2D eigenvalue weighted by Crippen LogP contribution is -1.77. The van der Waals surface area contributed by atoms with Crippen molar-refractivity contribution >= 4 is 24.2 Å². The molecule has 0 fully saturated rings. The topological polar surface area (TPSA) is 12.4 Å². The first-order valence-corrected chi connectivity index (χ1v) is 5.91. The van der Waals surface area contributed by atoms with Gasteiger partial charge in [0.2, 0.25) is 0 Å². The molecule has 0 aliphatic heterocycles. The summed E-state index contributed by atoms with van der Waals surface area (Å²) in [6, 6.07) is 16.6. The number of aliphatic imine (C=N–C) groups is 1. The highest BCUT2D eigenvalue weighted by Gasteiger charge is 2.00. The SMILES string of the molecule is C=Nc1cc(Sc2ccccc2)ccc1C. The molecule has 0 atom stereocenters. The number of hydrogen-bond acceptors (Lipinski definition) is 2. The molecule has 2 aromatic carbocycles. The summed E-state index contributed by atoms with van der Waals surface area (Å²) in [5.74, 6) is 0. The van der Waals surface area contributed by atoms with Crippen LogP contribution in [0.1, 0.15) is 5.56 Å². The lowest BCUT2D eigenvalue weighted by molar-refractivity contribution is 1.33. The van der Waals surface area contributed by atoms with E-state index in [1.807, 2.05) is 25.1 Å². The Hall–Kier alpha value is -1.54. The zero-order valence-corrected chi connectivity index (χ0v) is 10.00. The highest BCUT2D eigenvalue weighted by atomic mass is 32.2. The number of hydrogen-bond donors (Lipinski definition) is 0. The van der Waals surface area contributed by atoms with E-state index < -0.39 is 0 Å². The summed E-state index contributed by atoms with van der Waals surface area (Å²) in [7, 11) is 0. The van der Waals surface area contributed by atoms with Crippen molar-refractivity contribution in [1.29, 1.82) is 0 Å². The molecule has 0 saturated heterocycles. The Morgan fingerprint density at radius 2 is 1.75 bits per heavy atom. The fourth-order valence-corrected chi connectivity index (χ4v) is 2.32. The van der Waals surface area contributed by atoms with E-state index in [1.165, 1.54) is 9.79 Å². The second kappa shape index (κ2) is 4.99. The monoisotopic (exact) mass is 227 g/mol. The first kappa shape index (κ1) is 11.0. The summed E-state index contributed by atoms with van der Waals surface area (Å²) in [6.07, 6.45) is 0. The number of benzene rings is 2. The van der Waals surface area contributed by atoms with Crippen LogP contribution in [0.4, 0.5) is 5.69 Å². The lowest BCUT2D eigenvalue weighted by Gasteiger charge is -2.04. The lowest BCUT2D eigenvalue weighted by atomic mass is 10.2. The summed E-state index contributed by atoms with van der Waals surface area (Å²) >= 11 is 1.74. The Morgan fingerprint density at radius 1 is 1.00 bits per heavy atom. The van der Waals surface area contributed by atoms with Crippen molar-refractivity contribution in [2.75, 3.05) is 0 Å². The van der Waals surface area contributed by atoms with Gasteiger partial charge in [0.25, 0.3) is 0 Å². The molecular formula is C14H13NS. The molecule has 0 spiro atoms. The van der Waals surface area contributed by atoms with E-state index in [0.717, 1.165) is 11.3 Å². The molecule has 0 N–H and O–H groups in total. The average molecular weight is 227 g/mol. The highest BCUT2D eigenvalue weighted by Crippen LogP contribution is 2.31. The zero-order valence-electron chi connectivity index (χ0n) is 9.18. The van der Waals surface area contributed by atoms with E-state index in [1.54, 1.807) is 11.8 Å². The van der Waals surface area contributed by atoms with Gasteiger partial charge in [-0.3, -0.25) is 4.99 Å². The van der Waals surface area contributed by atoms with Gasteiger partial charge in [0.05, 0.1) is 5.69 Å². The maximum absolute atomic E-state index is 4.01. The number of aryl methyl sites for hydroxylation is 1. The van der Waals surface area contributed by atoms with Crippen LogP contribution >= 0.6 is 11.8 Å². The van der Waals surface area contributed by atoms with Crippen LogP contribution < -0.4 is 0 Å². The number of rotatable bonds is 3. The summed E-state index contributed by atoms with van der Waals surface area (Å²) < 4.78 is 0. The molecular weight excluding hydrogens is 214 g/mol. The molecule has 0 saturated carbocycles. The molecule has 80 valence electrons. The van der Waals surface area contributed by atoms with Crippen molar-refractivity contribution in [1.82, 2.24) is 0 Å². The molecule has 0 aliphatic carbocycles. The molecule has 16 heavy (non-hydrogen) atoms. The predicted molar refractivity (Wildman–Crippen MR) is 71.0 cm³/mol. The molecule has 2 rings (SSSR count). The van der Waals surface area contributed by atoms with Gasteiger partial charge in [-0.25, -0.2) is 0 Å². The van der Waals surface area contributed by atoms with Gasteiger partial charge in [0.1, 0.15) is 0 Å². The Morgan fingerprint density at radius 3 is 2.44 bits per heavy atom. The fourth-order valence-electron chi connectivity index (χ4n) is 1.45. The molecule has 0 aliphatic rings. The van der Waals surface area contributed by atoms with E-state index in [-0.39, 0.29) is 0 Å². The summed E-state index contributed by atoms with van der Waals surface area (Å²) in [5, 5.41) is 0. The second-order valence-corrected chi connectivity index (χ2v) is 4.67. The van der Waals surface area contributed by atoms with Gasteiger partial charge in [-0.2, -0.15) is 0 Å². The van der Waals surface area contributed by atoms with Gasteiger partial charge in [-0.1, -0.05) is 36.0 Å². The van der Waals surface area contributed by atoms with Crippen molar-refractivity contribution in [2.24, 2.45) is 4.99 Å². The first-order valence-electron chi connectivity index (χ1n) is 5.10. The smallest absolute Gasteiger partial charge is 0.0662 e. The van der Waals surface area contributed by atoms with Gasteiger partial charge in [0.15, 0.2) is 0 Å². The standard InChI is InChI=1S/C14H13NS/c1-11-8-9-13(10-14(11)15-2)16-12-6-4-3-5-7-12/h3-10H,2H2,1H3. The van der Waals surface area contributed by atoms with Crippen molar-refractivity contribution in [3.8, 4) is 0 Å². The van der Waals surface area contributed by atoms with Crippen LogP contribution in [-0.4, -0.2) is 6.72 Å². The molecule has 0 unspecified atom stereocenters. The Kier molecular flexibility index (Phi) is 3.42. The van der Waals surface area contributed by atoms with Gasteiger partial charge in [-0.05, 0) is 43.5 Å². The molecule has 0 amide bonds. The number of nitrogens with zero attached hydrogens (tertiary/aromatic N) is 1. The maximum Gasteiger partial charge on any atom is 0.0662 e.